The van der Waals surface area contributed by atoms with Crippen molar-refractivity contribution in [3.8, 4) is 0 Å². The summed E-state index contributed by atoms with van der Waals surface area (Å²) in [4.78, 5) is 11.6. The maximum absolute atomic E-state index is 13.6. The Labute approximate surface area is 110 Å². The fourth-order valence-electron chi connectivity index (χ4n) is 1.45. The Balaban J connectivity index is 2.91. The monoisotopic (exact) mass is 272 g/mol. The van der Waals surface area contributed by atoms with Crippen molar-refractivity contribution >= 4 is 11.8 Å². The number of hydrogen-bond acceptors (Lipinski definition) is 3. The van der Waals surface area contributed by atoms with Crippen LogP contribution in [0.1, 0.15) is 32.5 Å². The van der Waals surface area contributed by atoms with E-state index in [1.54, 1.807) is 20.8 Å². The van der Waals surface area contributed by atoms with E-state index in [1.807, 2.05) is 0 Å². The van der Waals surface area contributed by atoms with Gasteiger partial charge in [0.2, 0.25) is 0 Å². The van der Waals surface area contributed by atoms with Gasteiger partial charge in [-0.1, -0.05) is 0 Å². The second-order valence-corrected chi connectivity index (χ2v) is 5.06. The highest BCUT2D eigenvalue weighted by Crippen LogP contribution is 2.26. The molecule has 0 saturated carbocycles. The first-order valence-electron chi connectivity index (χ1n) is 5.86. The molecule has 0 aliphatic heterocycles. The minimum Gasteiger partial charge on any atom is -0.444 e. The molecule has 0 fully saturated rings. The highest BCUT2D eigenvalue weighted by molar-refractivity contribution is 5.86. The maximum atomic E-state index is 13.6. The minimum atomic E-state index is -1.55. The zero-order valence-electron chi connectivity index (χ0n) is 11.2. The van der Waals surface area contributed by atoms with E-state index in [0.29, 0.717) is 0 Å². The molecule has 6 heteroatoms. The lowest BCUT2D eigenvalue weighted by Crippen LogP contribution is -2.27. The van der Waals surface area contributed by atoms with Gasteiger partial charge < -0.3 is 10.5 Å². The molecule has 0 aromatic heterocycles. The zero-order valence-corrected chi connectivity index (χ0v) is 11.2. The van der Waals surface area contributed by atoms with Crippen LogP contribution in [0, 0.1) is 5.82 Å². The van der Waals surface area contributed by atoms with Crippen LogP contribution in [-0.2, 0) is 4.74 Å². The summed E-state index contributed by atoms with van der Waals surface area (Å²) in [6.45, 7) is 4.81. The predicted octanol–water partition coefficient (Wildman–Crippen LogP) is 3.14. The van der Waals surface area contributed by atoms with Crippen molar-refractivity contribution in [1.82, 2.24) is 0 Å². The van der Waals surface area contributed by atoms with E-state index in [0.717, 1.165) is 12.1 Å². The molecule has 106 valence electrons. The normalized spacial score (nSPS) is 12.9. The maximum Gasteiger partial charge on any atom is 0.412 e. The number of halogens is 2. The Morgan fingerprint density at radius 1 is 1.47 bits per heavy atom. The topological polar surface area (TPSA) is 64.3 Å². The lowest BCUT2D eigenvalue weighted by Gasteiger charge is -2.21. The van der Waals surface area contributed by atoms with Gasteiger partial charge in [-0.2, -0.15) is 0 Å². The van der Waals surface area contributed by atoms with Crippen LogP contribution in [0.15, 0.2) is 18.2 Å². The number of nitrogens with two attached hydrogens (primary N) is 1. The summed E-state index contributed by atoms with van der Waals surface area (Å²) >= 11 is 0. The van der Waals surface area contributed by atoms with Crippen LogP contribution in [0.5, 0.6) is 0 Å². The Bertz CT molecular complexity index is 458. The van der Waals surface area contributed by atoms with Gasteiger partial charge in [-0.3, -0.25) is 5.32 Å². The molecule has 19 heavy (non-hydrogen) atoms. The molecule has 0 heterocycles. The molecule has 1 amide bonds. The summed E-state index contributed by atoms with van der Waals surface area (Å²) in [5, 5.41) is 2.39. The van der Waals surface area contributed by atoms with E-state index in [1.165, 1.54) is 6.07 Å². The molecule has 1 rings (SSSR count). The lowest BCUT2D eigenvalue weighted by atomic mass is 10.1. The van der Waals surface area contributed by atoms with E-state index in [2.05, 4.69) is 5.32 Å². The van der Waals surface area contributed by atoms with Crippen molar-refractivity contribution in [2.24, 2.45) is 5.73 Å². The van der Waals surface area contributed by atoms with Gasteiger partial charge in [0.1, 0.15) is 17.6 Å². The average molecular weight is 272 g/mol. The number of nitrogens with one attached hydrogen (secondary N) is 1. The fraction of sp³-hybridized carbons (Fsp3) is 0.462. The van der Waals surface area contributed by atoms with Crippen LogP contribution < -0.4 is 11.1 Å². The third kappa shape index (κ3) is 4.82. The molecule has 1 aromatic carbocycles. The number of hydrogen-bond donors (Lipinski definition) is 2. The minimum absolute atomic E-state index is 0.00615. The average Bonchev–Trinajstić information content (AvgIpc) is 2.28. The van der Waals surface area contributed by atoms with Crippen molar-refractivity contribution in [2.45, 2.75) is 32.5 Å². The van der Waals surface area contributed by atoms with E-state index in [4.69, 9.17) is 10.5 Å². The Morgan fingerprint density at radius 3 is 2.63 bits per heavy atom. The van der Waals surface area contributed by atoms with E-state index < -0.39 is 23.7 Å². The lowest BCUT2D eigenvalue weighted by molar-refractivity contribution is 0.0635. The predicted molar refractivity (Wildman–Crippen MR) is 69.2 cm³/mol. The number of anilines is 1. The van der Waals surface area contributed by atoms with Gasteiger partial charge in [-0.25, -0.2) is 13.6 Å². The molecule has 1 aromatic rings. The van der Waals surface area contributed by atoms with Crippen LogP contribution in [0.25, 0.3) is 0 Å². The third-order valence-corrected chi connectivity index (χ3v) is 2.19. The molecule has 1 atom stereocenters. The summed E-state index contributed by atoms with van der Waals surface area (Å²) in [6.07, 6.45) is -2.29. The van der Waals surface area contributed by atoms with Crippen LogP contribution in [0.3, 0.4) is 0 Å². The van der Waals surface area contributed by atoms with Crippen molar-refractivity contribution in [3.05, 3.63) is 29.6 Å². The van der Waals surface area contributed by atoms with Crippen molar-refractivity contribution in [1.29, 1.82) is 0 Å². The van der Waals surface area contributed by atoms with Crippen molar-refractivity contribution in [3.63, 3.8) is 0 Å². The molecular formula is C13H18F2N2O2. The first-order valence-corrected chi connectivity index (χ1v) is 5.86. The SMILES string of the molecule is CC(C)(C)OC(=O)Nc1ccc(F)cc1C(F)CN. The van der Waals surface area contributed by atoms with Gasteiger partial charge in [0.25, 0.3) is 0 Å². The number of carbonyl (C=O) groups is 1. The molecule has 0 spiro atoms. The molecule has 4 nitrogen and oxygen atoms in total. The quantitative estimate of drug-likeness (QED) is 0.888. The molecule has 0 aliphatic rings. The van der Waals surface area contributed by atoms with Gasteiger partial charge in [0.15, 0.2) is 0 Å². The highest BCUT2D eigenvalue weighted by atomic mass is 19.1. The Kier molecular flexibility index (Phi) is 4.83. The van der Waals surface area contributed by atoms with Gasteiger partial charge in [-0.15, -0.1) is 0 Å². The number of amides is 1. The second kappa shape index (κ2) is 5.97. The molecule has 0 aliphatic carbocycles. The molecule has 0 bridgehead atoms. The van der Waals surface area contributed by atoms with Gasteiger partial charge >= 0.3 is 6.09 Å². The van der Waals surface area contributed by atoms with Crippen LogP contribution in [0.2, 0.25) is 0 Å². The standard InChI is InChI=1S/C13H18F2N2O2/c1-13(2,3)19-12(18)17-11-5-4-8(14)6-9(11)10(15)7-16/h4-6,10H,7,16H2,1-3H3,(H,17,18). The summed E-state index contributed by atoms with van der Waals surface area (Å²) in [5.74, 6) is -0.596. The smallest absolute Gasteiger partial charge is 0.412 e. The molecule has 3 N–H and O–H groups in total. The first-order chi connectivity index (χ1) is 8.73. The van der Waals surface area contributed by atoms with Crippen LogP contribution in [-0.4, -0.2) is 18.2 Å². The third-order valence-electron chi connectivity index (χ3n) is 2.19. The molecular weight excluding hydrogens is 254 g/mol. The summed E-state index contributed by atoms with van der Waals surface area (Å²) in [5.41, 5.74) is 4.68. The first kappa shape index (κ1) is 15.4. The number of benzene rings is 1. The molecule has 0 radical (unpaired) electrons. The van der Waals surface area contributed by atoms with Crippen molar-refractivity contribution in [2.75, 3.05) is 11.9 Å². The fourth-order valence-corrected chi connectivity index (χ4v) is 1.45. The highest BCUT2D eigenvalue weighted by Gasteiger charge is 2.19. The van der Waals surface area contributed by atoms with E-state index >= 15 is 0 Å². The molecule has 0 saturated heterocycles. The van der Waals surface area contributed by atoms with Gasteiger partial charge in [0.05, 0.1) is 5.69 Å². The van der Waals surface area contributed by atoms with Gasteiger partial charge in [-0.05, 0) is 39.0 Å². The Morgan fingerprint density at radius 2 is 2.11 bits per heavy atom. The summed E-state index contributed by atoms with van der Waals surface area (Å²) in [6, 6.07) is 3.40. The molecule has 1 unspecified atom stereocenters. The van der Waals surface area contributed by atoms with Crippen molar-refractivity contribution < 1.29 is 18.3 Å². The van der Waals surface area contributed by atoms with Gasteiger partial charge in [0, 0.05) is 12.1 Å². The largest absolute Gasteiger partial charge is 0.444 e. The Hall–Kier alpha value is -1.69. The number of alkyl halides is 1. The number of rotatable bonds is 3. The van der Waals surface area contributed by atoms with E-state index in [9.17, 15) is 13.6 Å². The second-order valence-electron chi connectivity index (χ2n) is 5.06. The number of ether oxygens (including phenoxy) is 1. The zero-order chi connectivity index (χ0) is 14.6. The van der Waals surface area contributed by atoms with E-state index in [-0.39, 0.29) is 17.8 Å². The van der Waals surface area contributed by atoms with Crippen LogP contribution in [0.4, 0.5) is 19.3 Å². The van der Waals surface area contributed by atoms with Crippen LogP contribution >= 0.6 is 0 Å². The summed E-state index contributed by atoms with van der Waals surface area (Å²) < 4.78 is 31.8. The number of carbonyl (C=O) groups excluding carboxylic acids is 1. The summed E-state index contributed by atoms with van der Waals surface area (Å²) in [7, 11) is 0.